The molecular weight excluding hydrogens is 404 g/mol. The van der Waals surface area contributed by atoms with Crippen molar-refractivity contribution in [2.24, 2.45) is 5.73 Å². The molecule has 2 fully saturated rings. The van der Waals surface area contributed by atoms with Crippen LogP contribution in [0.2, 0.25) is 5.02 Å². The highest BCUT2D eigenvalue weighted by molar-refractivity contribution is 6.30. The molecule has 3 N–H and O–H groups in total. The zero-order valence-electron chi connectivity index (χ0n) is 17.0. The Morgan fingerprint density at radius 3 is 2.53 bits per heavy atom. The number of benzene rings is 1. The molecule has 0 unspecified atom stereocenters. The highest BCUT2D eigenvalue weighted by Gasteiger charge is 2.37. The van der Waals surface area contributed by atoms with Crippen molar-refractivity contribution in [2.45, 2.75) is 25.6 Å². The van der Waals surface area contributed by atoms with Crippen molar-refractivity contribution in [3.63, 3.8) is 0 Å². The number of piperazine rings is 1. The molecule has 1 aromatic heterocycles. The number of aliphatic hydroxyl groups excluding tert-OH is 1. The Balaban J connectivity index is 1.34. The predicted octanol–water partition coefficient (Wildman–Crippen LogP) is 0.905. The summed E-state index contributed by atoms with van der Waals surface area (Å²) in [6, 6.07) is 8.03. The first-order valence-corrected chi connectivity index (χ1v) is 10.6. The normalized spacial score (nSPS) is 23.1. The number of primary amides is 1. The van der Waals surface area contributed by atoms with E-state index in [0.717, 1.165) is 37.7 Å². The lowest BCUT2D eigenvalue weighted by Gasteiger charge is -2.38. The van der Waals surface area contributed by atoms with E-state index in [0.29, 0.717) is 30.3 Å². The number of carbonyl (C=O) groups excluding carboxylic acids is 1. The van der Waals surface area contributed by atoms with Crippen LogP contribution in [-0.4, -0.2) is 82.2 Å². The summed E-state index contributed by atoms with van der Waals surface area (Å²) in [6.45, 7) is 7.51. The van der Waals surface area contributed by atoms with Crippen LogP contribution in [0.25, 0.3) is 0 Å². The molecule has 0 bridgehead atoms. The molecule has 0 aliphatic carbocycles. The largest absolute Gasteiger partial charge is 0.390 e. The summed E-state index contributed by atoms with van der Waals surface area (Å²) in [6.07, 6.45) is 1.00. The van der Waals surface area contributed by atoms with Crippen molar-refractivity contribution < 1.29 is 9.90 Å². The first-order chi connectivity index (χ1) is 14.4. The fourth-order valence-corrected chi connectivity index (χ4v) is 4.37. The van der Waals surface area contributed by atoms with Crippen LogP contribution < -0.4 is 10.6 Å². The number of aryl methyl sites for hydroxylation is 1. The molecular formula is C21H27ClN6O2. The molecule has 9 heteroatoms. The van der Waals surface area contributed by atoms with Gasteiger partial charge in [0.15, 0.2) is 0 Å². The summed E-state index contributed by atoms with van der Waals surface area (Å²) in [5.74, 6) is -0.00437. The number of halogens is 1. The highest BCUT2D eigenvalue weighted by Crippen LogP contribution is 2.23. The Labute approximate surface area is 181 Å². The third kappa shape index (κ3) is 4.57. The molecule has 1 aromatic carbocycles. The van der Waals surface area contributed by atoms with Gasteiger partial charge in [-0.25, -0.2) is 9.97 Å². The summed E-state index contributed by atoms with van der Waals surface area (Å²) in [7, 11) is 0. The Morgan fingerprint density at radius 2 is 1.90 bits per heavy atom. The lowest BCUT2D eigenvalue weighted by Crippen LogP contribution is -2.53. The maximum atomic E-state index is 11.4. The molecule has 2 aliphatic heterocycles. The molecule has 3 heterocycles. The van der Waals surface area contributed by atoms with E-state index in [1.807, 2.05) is 17.0 Å². The number of hydrogen-bond donors (Lipinski definition) is 2. The standard InChI is InChI=1S/C21H27ClN6O2/c1-14-17(20(23)30)10-24-21(25-14)28-12-18(19(29)13-28)27-8-6-26(7-9-27)11-15-2-4-16(22)5-3-15/h2-5,10,18-19,29H,6-9,11-13H2,1H3,(H2,23,30)/t18-,19-/m1/s1. The van der Waals surface area contributed by atoms with Gasteiger partial charge in [-0.05, 0) is 24.6 Å². The smallest absolute Gasteiger partial charge is 0.252 e. The van der Waals surface area contributed by atoms with Gasteiger partial charge in [0.05, 0.1) is 23.4 Å². The number of nitrogens with zero attached hydrogens (tertiary/aromatic N) is 5. The summed E-state index contributed by atoms with van der Waals surface area (Å²) >= 11 is 5.97. The van der Waals surface area contributed by atoms with E-state index in [1.165, 1.54) is 11.8 Å². The van der Waals surface area contributed by atoms with Gasteiger partial charge >= 0.3 is 0 Å². The Hall–Kier alpha value is -2.26. The topological polar surface area (TPSA) is 98.8 Å². The Morgan fingerprint density at radius 1 is 1.20 bits per heavy atom. The number of rotatable bonds is 5. The first kappa shape index (κ1) is 21.0. The number of nitrogens with two attached hydrogens (primary N) is 1. The minimum Gasteiger partial charge on any atom is -0.390 e. The van der Waals surface area contributed by atoms with E-state index in [9.17, 15) is 9.90 Å². The van der Waals surface area contributed by atoms with Crippen LogP contribution >= 0.6 is 11.6 Å². The van der Waals surface area contributed by atoms with E-state index in [2.05, 4.69) is 31.9 Å². The van der Waals surface area contributed by atoms with Crippen LogP contribution in [0.3, 0.4) is 0 Å². The van der Waals surface area contributed by atoms with Crippen molar-refractivity contribution in [3.8, 4) is 0 Å². The number of hydrogen-bond acceptors (Lipinski definition) is 7. The number of anilines is 1. The van der Waals surface area contributed by atoms with Gasteiger partial charge in [0.25, 0.3) is 5.91 Å². The van der Waals surface area contributed by atoms with Crippen molar-refractivity contribution in [1.29, 1.82) is 0 Å². The van der Waals surface area contributed by atoms with Gasteiger partial charge in [-0.15, -0.1) is 0 Å². The number of β-amino-alcohol motifs (C(OH)–C–C–N with tert-alkyl or cyclic N) is 1. The third-order valence-corrected chi connectivity index (χ3v) is 6.22. The van der Waals surface area contributed by atoms with Crippen LogP contribution in [0.5, 0.6) is 0 Å². The molecule has 4 rings (SSSR count). The molecule has 0 radical (unpaired) electrons. The molecule has 30 heavy (non-hydrogen) atoms. The minimum atomic E-state index is -0.533. The van der Waals surface area contributed by atoms with Crippen molar-refractivity contribution in [2.75, 3.05) is 44.2 Å². The summed E-state index contributed by atoms with van der Waals surface area (Å²) in [5, 5.41) is 11.4. The van der Waals surface area contributed by atoms with E-state index >= 15 is 0 Å². The van der Waals surface area contributed by atoms with E-state index in [-0.39, 0.29) is 6.04 Å². The number of aliphatic hydroxyl groups is 1. The van der Waals surface area contributed by atoms with Crippen LogP contribution in [0, 0.1) is 6.92 Å². The zero-order chi connectivity index (χ0) is 21.3. The van der Waals surface area contributed by atoms with Crippen molar-refractivity contribution in [3.05, 3.63) is 52.3 Å². The van der Waals surface area contributed by atoms with E-state index in [4.69, 9.17) is 17.3 Å². The molecule has 8 nitrogen and oxygen atoms in total. The number of aromatic nitrogens is 2. The molecule has 2 atom stereocenters. The maximum Gasteiger partial charge on any atom is 0.252 e. The van der Waals surface area contributed by atoms with Gasteiger partial charge in [-0.3, -0.25) is 14.6 Å². The highest BCUT2D eigenvalue weighted by atomic mass is 35.5. The lowest BCUT2D eigenvalue weighted by atomic mass is 10.1. The van der Waals surface area contributed by atoms with Crippen molar-refractivity contribution in [1.82, 2.24) is 19.8 Å². The van der Waals surface area contributed by atoms with Gasteiger partial charge in [-0.1, -0.05) is 23.7 Å². The predicted molar refractivity (Wildman–Crippen MR) is 116 cm³/mol. The second-order valence-corrected chi connectivity index (χ2v) is 8.45. The third-order valence-electron chi connectivity index (χ3n) is 5.97. The molecule has 2 aliphatic rings. The second kappa shape index (κ2) is 8.85. The lowest BCUT2D eigenvalue weighted by molar-refractivity contribution is 0.0424. The molecule has 160 valence electrons. The SMILES string of the molecule is Cc1nc(N2C[C@@H](O)[C@H](N3CCN(Cc4ccc(Cl)cc4)CC3)C2)ncc1C(N)=O. The molecule has 2 aromatic rings. The maximum absolute atomic E-state index is 11.4. The van der Waals surface area contributed by atoms with E-state index < -0.39 is 12.0 Å². The average Bonchev–Trinajstić information content (AvgIpc) is 3.11. The van der Waals surface area contributed by atoms with Crippen LogP contribution in [-0.2, 0) is 6.54 Å². The van der Waals surface area contributed by atoms with Gasteiger partial charge in [0.2, 0.25) is 5.95 Å². The average molecular weight is 431 g/mol. The minimum absolute atomic E-state index is 0.0439. The fourth-order valence-electron chi connectivity index (χ4n) is 4.24. The van der Waals surface area contributed by atoms with Crippen LogP contribution in [0.4, 0.5) is 5.95 Å². The van der Waals surface area contributed by atoms with Gasteiger partial charge in [0, 0.05) is 57.0 Å². The first-order valence-electron chi connectivity index (χ1n) is 10.2. The van der Waals surface area contributed by atoms with Crippen LogP contribution in [0.1, 0.15) is 21.6 Å². The van der Waals surface area contributed by atoms with Gasteiger partial charge in [0.1, 0.15) is 0 Å². The number of carbonyl (C=O) groups is 1. The van der Waals surface area contributed by atoms with Gasteiger partial charge in [-0.2, -0.15) is 0 Å². The zero-order valence-corrected chi connectivity index (χ0v) is 17.8. The summed E-state index contributed by atoms with van der Waals surface area (Å²) < 4.78 is 0. The molecule has 2 saturated heterocycles. The second-order valence-electron chi connectivity index (χ2n) is 8.01. The van der Waals surface area contributed by atoms with Crippen LogP contribution in [0.15, 0.2) is 30.5 Å². The summed E-state index contributed by atoms with van der Waals surface area (Å²) in [5.41, 5.74) is 7.48. The Kier molecular flexibility index (Phi) is 6.19. The van der Waals surface area contributed by atoms with E-state index in [1.54, 1.807) is 6.92 Å². The molecule has 1 amide bonds. The monoisotopic (exact) mass is 430 g/mol. The molecule has 0 spiro atoms. The quantitative estimate of drug-likeness (QED) is 0.727. The number of amides is 1. The summed E-state index contributed by atoms with van der Waals surface area (Å²) in [4.78, 5) is 26.9. The fraction of sp³-hybridized carbons (Fsp3) is 0.476. The van der Waals surface area contributed by atoms with Crippen molar-refractivity contribution >= 4 is 23.5 Å². The van der Waals surface area contributed by atoms with Gasteiger partial charge < -0.3 is 15.7 Å². The molecule has 0 saturated carbocycles. The Bertz CT molecular complexity index is 901.